The number of rotatable bonds is 5. The number of nitrogens with zero attached hydrogens (tertiary/aromatic N) is 1. The van der Waals surface area contributed by atoms with Crippen molar-refractivity contribution in [3.05, 3.63) is 58.1 Å². The summed E-state index contributed by atoms with van der Waals surface area (Å²) in [7, 11) is 0. The molecule has 1 atom stereocenters. The molecule has 0 spiro atoms. The van der Waals surface area contributed by atoms with Crippen LogP contribution in [-0.2, 0) is 6.42 Å². The summed E-state index contributed by atoms with van der Waals surface area (Å²) >= 11 is 3.01. The molecule has 23 heavy (non-hydrogen) atoms. The van der Waals surface area contributed by atoms with Gasteiger partial charge in [0.15, 0.2) is 17.4 Å². The van der Waals surface area contributed by atoms with Gasteiger partial charge in [0.05, 0.1) is 0 Å². The molecule has 1 heterocycles. The van der Waals surface area contributed by atoms with Crippen molar-refractivity contribution >= 4 is 21.6 Å². The van der Waals surface area contributed by atoms with Crippen LogP contribution >= 0.6 is 15.9 Å². The van der Waals surface area contributed by atoms with Gasteiger partial charge in [0.25, 0.3) is 0 Å². The van der Waals surface area contributed by atoms with E-state index in [9.17, 15) is 13.9 Å². The zero-order valence-corrected chi connectivity index (χ0v) is 13.9. The number of benzene rings is 2. The van der Waals surface area contributed by atoms with Crippen molar-refractivity contribution in [2.24, 2.45) is 0 Å². The number of para-hydroxylation sites is 1. The minimum absolute atomic E-state index is 0.172. The summed E-state index contributed by atoms with van der Waals surface area (Å²) in [6.07, 6.45) is 0.0864. The normalized spacial score (nSPS) is 14.7. The zero-order valence-electron chi connectivity index (χ0n) is 12.3. The number of halogens is 3. The van der Waals surface area contributed by atoms with Crippen LogP contribution in [0.2, 0.25) is 0 Å². The third kappa shape index (κ3) is 3.64. The van der Waals surface area contributed by atoms with Crippen LogP contribution in [0.5, 0.6) is 5.75 Å². The van der Waals surface area contributed by atoms with Gasteiger partial charge in [0, 0.05) is 23.2 Å². The Balaban J connectivity index is 1.60. The number of fused-ring (bicyclic) bond motifs is 1. The van der Waals surface area contributed by atoms with Crippen LogP contribution in [0, 0.1) is 11.6 Å². The van der Waals surface area contributed by atoms with Crippen LogP contribution in [0.15, 0.2) is 40.9 Å². The first-order valence-corrected chi connectivity index (χ1v) is 8.12. The second-order valence-electron chi connectivity index (χ2n) is 5.49. The van der Waals surface area contributed by atoms with Crippen molar-refractivity contribution in [2.75, 3.05) is 24.6 Å². The number of aliphatic hydroxyl groups is 1. The van der Waals surface area contributed by atoms with Gasteiger partial charge in [-0.3, -0.25) is 0 Å². The molecule has 1 N–H and O–H groups in total. The Kier molecular flexibility index (Phi) is 4.82. The van der Waals surface area contributed by atoms with Crippen LogP contribution < -0.4 is 9.64 Å². The van der Waals surface area contributed by atoms with E-state index in [1.54, 1.807) is 0 Å². The van der Waals surface area contributed by atoms with Gasteiger partial charge in [0.2, 0.25) is 0 Å². The standard InChI is InChI=1S/C17H16BrF2NO2/c18-12-7-14(19)17(15(20)8-12)23-10-13(22)9-21-6-5-11-3-1-2-4-16(11)21/h1-4,7-8,13,22H,5-6,9-10H2. The first-order valence-electron chi connectivity index (χ1n) is 7.33. The number of β-amino-alcohol motifs (C(OH)–C–C–N with tert-alkyl or cyclic N) is 1. The van der Waals surface area contributed by atoms with Gasteiger partial charge in [-0.15, -0.1) is 0 Å². The molecule has 0 fully saturated rings. The Morgan fingerprint density at radius 1 is 1.22 bits per heavy atom. The van der Waals surface area contributed by atoms with E-state index in [0.717, 1.165) is 30.8 Å². The van der Waals surface area contributed by atoms with Crippen LogP contribution in [0.4, 0.5) is 14.5 Å². The molecule has 1 unspecified atom stereocenters. The van der Waals surface area contributed by atoms with Gasteiger partial charge < -0.3 is 14.7 Å². The molecule has 0 saturated carbocycles. The zero-order chi connectivity index (χ0) is 16.4. The monoisotopic (exact) mass is 383 g/mol. The van der Waals surface area contributed by atoms with E-state index >= 15 is 0 Å². The van der Waals surface area contributed by atoms with E-state index in [4.69, 9.17) is 4.74 Å². The fourth-order valence-electron chi connectivity index (χ4n) is 2.75. The molecule has 0 aromatic heterocycles. The number of hydrogen-bond donors (Lipinski definition) is 1. The number of hydrogen-bond acceptors (Lipinski definition) is 3. The van der Waals surface area contributed by atoms with Crippen molar-refractivity contribution in [1.82, 2.24) is 0 Å². The van der Waals surface area contributed by atoms with Gasteiger partial charge in [-0.25, -0.2) is 8.78 Å². The minimum atomic E-state index is -0.844. The van der Waals surface area contributed by atoms with E-state index in [-0.39, 0.29) is 6.61 Å². The molecule has 0 aliphatic carbocycles. The average molecular weight is 384 g/mol. The van der Waals surface area contributed by atoms with E-state index in [2.05, 4.69) is 26.9 Å². The van der Waals surface area contributed by atoms with Crippen molar-refractivity contribution in [3.63, 3.8) is 0 Å². The molecule has 2 aromatic carbocycles. The molecule has 0 amide bonds. The largest absolute Gasteiger partial charge is 0.485 e. The maximum atomic E-state index is 13.7. The third-order valence-electron chi connectivity index (χ3n) is 3.80. The summed E-state index contributed by atoms with van der Waals surface area (Å²) in [5.41, 5.74) is 2.33. The van der Waals surface area contributed by atoms with Crippen molar-refractivity contribution in [3.8, 4) is 5.75 Å². The summed E-state index contributed by atoms with van der Waals surface area (Å²) in [5.74, 6) is -2.06. The van der Waals surface area contributed by atoms with Crippen molar-refractivity contribution < 1.29 is 18.6 Å². The van der Waals surface area contributed by atoms with Gasteiger partial charge in [-0.05, 0) is 30.2 Å². The van der Waals surface area contributed by atoms with E-state index in [1.165, 1.54) is 5.56 Å². The summed E-state index contributed by atoms with van der Waals surface area (Å²) < 4.78 is 32.8. The number of anilines is 1. The molecule has 1 aliphatic rings. The molecule has 3 nitrogen and oxygen atoms in total. The molecule has 3 rings (SSSR count). The number of aliphatic hydroxyl groups excluding tert-OH is 1. The SMILES string of the molecule is OC(COc1c(F)cc(Br)cc1F)CN1CCc2ccccc21. The Morgan fingerprint density at radius 2 is 1.91 bits per heavy atom. The molecule has 0 bridgehead atoms. The van der Waals surface area contributed by atoms with Gasteiger partial charge in [0.1, 0.15) is 12.7 Å². The first kappa shape index (κ1) is 16.2. The fourth-order valence-corrected chi connectivity index (χ4v) is 3.15. The second kappa shape index (κ2) is 6.84. The topological polar surface area (TPSA) is 32.7 Å². The maximum absolute atomic E-state index is 13.7. The highest BCUT2D eigenvalue weighted by molar-refractivity contribution is 9.10. The van der Waals surface area contributed by atoms with Crippen LogP contribution in [0.25, 0.3) is 0 Å². The lowest BCUT2D eigenvalue weighted by Crippen LogP contribution is -2.34. The van der Waals surface area contributed by atoms with Crippen molar-refractivity contribution in [1.29, 1.82) is 0 Å². The predicted octanol–water partition coefficient (Wildman–Crippen LogP) is 3.53. The summed E-state index contributed by atoms with van der Waals surface area (Å²) in [6.45, 7) is 1.00. The van der Waals surface area contributed by atoms with Crippen molar-refractivity contribution in [2.45, 2.75) is 12.5 Å². The quantitative estimate of drug-likeness (QED) is 0.856. The third-order valence-corrected chi connectivity index (χ3v) is 4.26. The molecule has 1 aliphatic heterocycles. The van der Waals surface area contributed by atoms with E-state index in [0.29, 0.717) is 11.0 Å². The predicted molar refractivity (Wildman–Crippen MR) is 87.9 cm³/mol. The molecule has 0 radical (unpaired) electrons. The summed E-state index contributed by atoms with van der Waals surface area (Å²) in [6, 6.07) is 10.3. The average Bonchev–Trinajstić information content (AvgIpc) is 2.89. The molecule has 6 heteroatoms. The lowest BCUT2D eigenvalue weighted by Gasteiger charge is -2.23. The summed E-state index contributed by atoms with van der Waals surface area (Å²) in [4.78, 5) is 2.05. The second-order valence-corrected chi connectivity index (χ2v) is 6.40. The molecule has 122 valence electrons. The highest BCUT2D eigenvalue weighted by Crippen LogP contribution is 2.28. The fraction of sp³-hybridized carbons (Fsp3) is 0.294. The minimum Gasteiger partial charge on any atom is -0.485 e. The molecular weight excluding hydrogens is 368 g/mol. The van der Waals surface area contributed by atoms with Gasteiger partial charge in [-0.2, -0.15) is 0 Å². The Hall–Kier alpha value is -1.66. The smallest absolute Gasteiger partial charge is 0.190 e. The Morgan fingerprint density at radius 3 is 2.65 bits per heavy atom. The van der Waals surface area contributed by atoms with Crippen LogP contribution in [-0.4, -0.2) is 30.9 Å². The lowest BCUT2D eigenvalue weighted by molar-refractivity contribution is 0.107. The molecule has 2 aromatic rings. The maximum Gasteiger partial charge on any atom is 0.190 e. The highest BCUT2D eigenvalue weighted by atomic mass is 79.9. The molecule has 0 saturated heterocycles. The van der Waals surface area contributed by atoms with E-state index < -0.39 is 23.5 Å². The van der Waals surface area contributed by atoms with Crippen LogP contribution in [0.3, 0.4) is 0 Å². The lowest BCUT2D eigenvalue weighted by atomic mass is 10.2. The molecular formula is C17H16BrF2NO2. The first-order chi connectivity index (χ1) is 11.0. The van der Waals surface area contributed by atoms with Gasteiger partial charge in [-0.1, -0.05) is 34.1 Å². The Bertz CT molecular complexity index is 688. The Labute approximate surface area is 141 Å². The summed E-state index contributed by atoms with van der Waals surface area (Å²) in [5, 5.41) is 10.1. The van der Waals surface area contributed by atoms with Gasteiger partial charge >= 0.3 is 0 Å². The van der Waals surface area contributed by atoms with Crippen LogP contribution in [0.1, 0.15) is 5.56 Å². The van der Waals surface area contributed by atoms with E-state index in [1.807, 2.05) is 18.2 Å². The highest BCUT2D eigenvalue weighted by Gasteiger charge is 2.21. The number of ether oxygens (including phenoxy) is 1.